The fraction of sp³-hybridized carbons (Fsp3) is 0.778. The van der Waals surface area contributed by atoms with Gasteiger partial charge < -0.3 is 0 Å². The van der Waals surface area contributed by atoms with Gasteiger partial charge in [-0.05, 0) is 31.3 Å². The normalized spacial score (nSPS) is 22.2. The topological polar surface area (TPSA) is 0 Å². The molecule has 0 saturated carbocycles. The summed E-state index contributed by atoms with van der Waals surface area (Å²) in [6, 6.07) is 0. The highest BCUT2D eigenvalue weighted by molar-refractivity contribution is 8.17. The molecular weight excluding hydrogens is 172 g/mol. The molecule has 2 heteroatoms. The molecular formula is C9H16S2. The van der Waals surface area contributed by atoms with Gasteiger partial charge in [0.2, 0.25) is 0 Å². The highest BCUT2D eigenvalue weighted by Crippen LogP contribution is 2.35. The van der Waals surface area contributed by atoms with Gasteiger partial charge in [0.25, 0.3) is 0 Å². The van der Waals surface area contributed by atoms with Crippen LogP contribution in [0, 0.1) is 0 Å². The fourth-order valence-electron chi connectivity index (χ4n) is 1.17. The molecule has 0 spiro atoms. The molecule has 11 heavy (non-hydrogen) atoms. The smallest absolute Gasteiger partial charge is 0.0708 e. The van der Waals surface area contributed by atoms with Gasteiger partial charge in [-0.3, -0.25) is 0 Å². The minimum atomic E-state index is 0.767. The summed E-state index contributed by atoms with van der Waals surface area (Å²) in [5.41, 5.74) is 1.57. The highest BCUT2D eigenvalue weighted by atomic mass is 32.2. The lowest BCUT2D eigenvalue weighted by Gasteiger charge is -2.21. The Labute approximate surface area is 78.2 Å². The van der Waals surface area contributed by atoms with Gasteiger partial charge in [0, 0.05) is 0 Å². The molecule has 0 bridgehead atoms. The van der Waals surface area contributed by atoms with E-state index in [-0.39, 0.29) is 0 Å². The molecule has 1 rings (SSSR count). The monoisotopic (exact) mass is 188 g/mol. The summed E-state index contributed by atoms with van der Waals surface area (Å²) < 4.78 is 0.767. The van der Waals surface area contributed by atoms with E-state index < -0.39 is 0 Å². The summed E-state index contributed by atoms with van der Waals surface area (Å²) in [4.78, 5) is 0. The Balaban J connectivity index is 2.38. The van der Waals surface area contributed by atoms with E-state index in [1.165, 1.54) is 24.3 Å². The van der Waals surface area contributed by atoms with Crippen molar-refractivity contribution in [3.63, 3.8) is 0 Å². The summed E-state index contributed by atoms with van der Waals surface area (Å²) in [5.74, 6) is 2.71. The van der Waals surface area contributed by atoms with Gasteiger partial charge in [0.15, 0.2) is 0 Å². The molecule has 0 amide bonds. The van der Waals surface area contributed by atoms with Crippen molar-refractivity contribution < 1.29 is 0 Å². The first-order chi connectivity index (χ1) is 5.34. The Kier molecular flexibility index (Phi) is 4.46. The van der Waals surface area contributed by atoms with Crippen molar-refractivity contribution in [2.24, 2.45) is 0 Å². The van der Waals surface area contributed by atoms with Crippen LogP contribution < -0.4 is 0 Å². The van der Waals surface area contributed by atoms with Crippen molar-refractivity contribution in [1.29, 1.82) is 0 Å². The first-order valence-corrected chi connectivity index (χ1v) is 6.34. The first-order valence-electron chi connectivity index (χ1n) is 4.24. The van der Waals surface area contributed by atoms with Crippen molar-refractivity contribution in [3.8, 4) is 0 Å². The lowest BCUT2D eigenvalue weighted by molar-refractivity contribution is 1.09. The van der Waals surface area contributed by atoms with Crippen LogP contribution >= 0.6 is 23.5 Å². The third-order valence-electron chi connectivity index (χ3n) is 1.73. The van der Waals surface area contributed by atoms with Gasteiger partial charge in [0.1, 0.15) is 0 Å². The Morgan fingerprint density at radius 3 is 2.64 bits per heavy atom. The number of rotatable bonds is 2. The molecule has 0 aromatic heterocycles. The standard InChI is InChI=1S/C9H16S2/c1-3-5-8(2)9-10-6-4-7-11-9/h5,9H,3-4,6-7H2,1-2H3/b8-5+. The van der Waals surface area contributed by atoms with Crippen LogP contribution in [0.3, 0.4) is 0 Å². The maximum absolute atomic E-state index is 2.36. The maximum Gasteiger partial charge on any atom is 0.0708 e. The van der Waals surface area contributed by atoms with Gasteiger partial charge in [0.05, 0.1) is 4.58 Å². The molecule has 0 atom stereocenters. The largest absolute Gasteiger partial charge is 0.143 e. The van der Waals surface area contributed by atoms with Crippen LogP contribution in [0.15, 0.2) is 11.6 Å². The number of hydrogen-bond acceptors (Lipinski definition) is 2. The summed E-state index contributed by atoms with van der Waals surface area (Å²) in [7, 11) is 0. The Bertz CT molecular complexity index is 134. The quantitative estimate of drug-likeness (QED) is 0.608. The average molecular weight is 188 g/mol. The zero-order chi connectivity index (χ0) is 8.10. The summed E-state index contributed by atoms with van der Waals surface area (Å²) >= 11 is 4.21. The Hall–Kier alpha value is 0.440. The van der Waals surface area contributed by atoms with Crippen LogP contribution in [0.5, 0.6) is 0 Å². The molecule has 64 valence electrons. The van der Waals surface area contributed by atoms with Crippen LogP contribution in [0.25, 0.3) is 0 Å². The molecule has 1 aliphatic heterocycles. The average Bonchev–Trinajstić information content (AvgIpc) is 2.07. The van der Waals surface area contributed by atoms with E-state index in [1.807, 2.05) is 0 Å². The maximum atomic E-state index is 2.36. The van der Waals surface area contributed by atoms with Gasteiger partial charge in [-0.2, -0.15) is 0 Å². The predicted molar refractivity (Wildman–Crippen MR) is 57.4 cm³/mol. The van der Waals surface area contributed by atoms with E-state index in [9.17, 15) is 0 Å². The third kappa shape index (κ3) is 3.12. The molecule has 0 N–H and O–H groups in total. The first kappa shape index (κ1) is 9.53. The number of allylic oxidation sites excluding steroid dienone is 1. The van der Waals surface area contributed by atoms with E-state index in [2.05, 4.69) is 43.4 Å². The second-order valence-electron chi connectivity index (χ2n) is 2.78. The molecule has 0 radical (unpaired) electrons. The van der Waals surface area contributed by atoms with Gasteiger partial charge in [-0.25, -0.2) is 0 Å². The summed E-state index contributed by atoms with van der Waals surface area (Å²) in [6.07, 6.45) is 4.94. The highest BCUT2D eigenvalue weighted by Gasteiger charge is 2.14. The molecule has 0 unspecified atom stereocenters. The molecule has 0 aromatic rings. The third-order valence-corrected chi connectivity index (χ3v) is 4.94. The zero-order valence-corrected chi connectivity index (χ0v) is 8.93. The molecule has 1 saturated heterocycles. The van der Waals surface area contributed by atoms with Crippen LogP contribution in [0.4, 0.5) is 0 Å². The zero-order valence-electron chi connectivity index (χ0n) is 7.30. The number of thioether (sulfide) groups is 2. The summed E-state index contributed by atoms with van der Waals surface area (Å²) in [5, 5.41) is 0. The van der Waals surface area contributed by atoms with E-state index in [0.29, 0.717) is 0 Å². The van der Waals surface area contributed by atoms with Crippen LogP contribution in [0.2, 0.25) is 0 Å². The van der Waals surface area contributed by atoms with Crippen molar-refractivity contribution in [2.45, 2.75) is 31.3 Å². The molecule has 1 heterocycles. The van der Waals surface area contributed by atoms with E-state index in [4.69, 9.17) is 0 Å². The van der Waals surface area contributed by atoms with Gasteiger partial charge >= 0.3 is 0 Å². The van der Waals surface area contributed by atoms with E-state index in [1.54, 1.807) is 5.57 Å². The molecule has 0 aliphatic carbocycles. The van der Waals surface area contributed by atoms with Crippen LogP contribution in [-0.4, -0.2) is 16.1 Å². The lowest BCUT2D eigenvalue weighted by Crippen LogP contribution is -2.07. The molecule has 1 fully saturated rings. The Morgan fingerprint density at radius 2 is 2.09 bits per heavy atom. The minimum Gasteiger partial charge on any atom is -0.143 e. The molecule has 1 aliphatic rings. The SMILES string of the molecule is CC/C=C(\C)C1SCCCS1. The minimum absolute atomic E-state index is 0.767. The van der Waals surface area contributed by atoms with Crippen molar-refractivity contribution >= 4 is 23.5 Å². The Morgan fingerprint density at radius 1 is 1.45 bits per heavy atom. The number of hydrogen-bond donors (Lipinski definition) is 0. The van der Waals surface area contributed by atoms with E-state index >= 15 is 0 Å². The predicted octanol–water partition coefficient (Wildman–Crippen LogP) is 3.54. The van der Waals surface area contributed by atoms with Crippen LogP contribution in [0.1, 0.15) is 26.7 Å². The van der Waals surface area contributed by atoms with Crippen LogP contribution in [-0.2, 0) is 0 Å². The molecule has 0 aromatic carbocycles. The van der Waals surface area contributed by atoms with Crippen molar-refractivity contribution in [2.75, 3.05) is 11.5 Å². The second kappa shape index (κ2) is 5.15. The lowest BCUT2D eigenvalue weighted by atomic mass is 10.3. The van der Waals surface area contributed by atoms with Gasteiger partial charge in [-0.1, -0.05) is 18.6 Å². The van der Waals surface area contributed by atoms with Crippen molar-refractivity contribution in [3.05, 3.63) is 11.6 Å². The van der Waals surface area contributed by atoms with E-state index in [0.717, 1.165) is 4.58 Å². The molecule has 0 nitrogen and oxygen atoms in total. The fourth-order valence-corrected chi connectivity index (χ4v) is 4.08. The second-order valence-corrected chi connectivity index (χ2v) is 5.51. The van der Waals surface area contributed by atoms with Gasteiger partial charge in [-0.15, -0.1) is 23.5 Å². The van der Waals surface area contributed by atoms with Crippen molar-refractivity contribution in [1.82, 2.24) is 0 Å². The summed E-state index contributed by atoms with van der Waals surface area (Å²) in [6.45, 7) is 4.47.